The van der Waals surface area contributed by atoms with Gasteiger partial charge in [-0.1, -0.05) is 0 Å². The van der Waals surface area contributed by atoms with Gasteiger partial charge >= 0.3 is 0 Å². The zero-order valence-electron chi connectivity index (χ0n) is 12.8. The first-order chi connectivity index (χ1) is 10.6. The van der Waals surface area contributed by atoms with Crippen LogP contribution in [0, 0.1) is 0 Å². The molecule has 0 saturated heterocycles. The first-order valence-corrected chi connectivity index (χ1v) is 7.26. The van der Waals surface area contributed by atoms with Gasteiger partial charge in [0.05, 0.1) is 18.9 Å². The summed E-state index contributed by atoms with van der Waals surface area (Å²) in [4.78, 5) is 15.2. The molecule has 0 aliphatic heterocycles. The van der Waals surface area contributed by atoms with E-state index < -0.39 is 0 Å². The van der Waals surface area contributed by atoms with Gasteiger partial charge < -0.3 is 19.6 Å². The van der Waals surface area contributed by atoms with Crippen molar-refractivity contribution in [2.24, 2.45) is 5.73 Å². The van der Waals surface area contributed by atoms with E-state index in [9.17, 15) is 4.79 Å². The number of hydrogen-bond acceptors (Lipinski definition) is 5. The molecular weight excluding hydrogens is 284 g/mol. The Morgan fingerprint density at radius 1 is 1.23 bits per heavy atom. The lowest BCUT2D eigenvalue weighted by molar-refractivity contribution is -0.118. The first kappa shape index (κ1) is 15.9. The van der Waals surface area contributed by atoms with Crippen LogP contribution in [0.2, 0.25) is 0 Å². The fraction of sp³-hybridized carbons (Fsp3) is 0.375. The monoisotopic (exact) mass is 304 g/mol. The third-order valence-electron chi connectivity index (χ3n) is 2.97. The summed E-state index contributed by atoms with van der Waals surface area (Å²) in [5, 5.41) is 0. The lowest BCUT2D eigenvalue weighted by atomic mass is 10.2. The van der Waals surface area contributed by atoms with E-state index in [2.05, 4.69) is 4.98 Å². The molecule has 6 nitrogen and oxygen atoms in total. The SMILES string of the molecule is CCOc1ccc(-c2nc(CCC(N)=O)co2)cc1OCC. The van der Waals surface area contributed by atoms with Crippen molar-refractivity contribution in [3.8, 4) is 23.0 Å². The van der Waals surface area contributed by atoms with Gasteiger partial charge in [0.2, 0.25) is 11.8 Å². The number of aromatic nitrogens is 1. The highest BCUT2D eigenvalue weighted by Gasteiger charge is 2.12. The number of amides is 1. The fourth-order valence-electron chi connectivity index (χ4n) is 1.99. The molecule has 6 heteroatoms. The standard InChI is InChI=1S/C16H20N2O4/c1-3-20-13-7-5-11(9-14(13)21-4-2)16-18-12(10-22-16)6-8-15(17)19/h5,7,9-10H,3-4,6,8H2,1-2H3,(H2,17,19). The van der Waals surface area contributed by atoms with Crippen molar-refractivity contribution < 1.29 is 18.7 Å². The second-order valence-electron chi connectivity index (χ2n) is 4.64. The molecule has 0 spiro atoms. The lowest BCUT2D eigenvalue weighted by Crippen LogP contribution is -2.11. The number of carbonyl (C=O) groups is 1. The molecule has 0 unspecified atom stereocenters. The third kappa shape index (κ3) is 4.00. The summed E-state index contributed by atoms with van der Waals surface area (Å²) < 4.78 is 16.6. The Labute approximate surface area is 129 Å². The highest BCUT2D eigenvalue weighted by molar-refractivity contribution is 5.73. The minimum absolute atomic E-state index is 0.249. The molecule has 118 valence electrons. The van der Waals surface area contributed by atoms with Crippen LogP contribution in [0.1, 0.15) is 26.0 Å². The summed E-state index contributed by atoms with van der Waals surface area (Å²) in [5.41, 5.74) is 6.61. The summed E-state index contributed by atoms with van der Waals surface area (Å²) in [7, 11) is 0. The van der Waals surface area contributed by atoms with E-state index in [0.29, 0.717) is 42.7 Å². The Morgan fingerprint density at radius 3 is 2.64 bits per heavy atom. The van der Waals surface area contributed by atoms with Crippen molar-refractivity contribution in [3.63, 3.8) is 0 Å². The van der Waals surface area contributed by atoms with Gasteiger partial charge in [-0.2, -0.15) is 0 Å². The Kier molecular flexibility index (Phi) is 5.41. The van der Waals surface area contributed by atoms with Gasteiger partial charge in [0.1, 0.15) is 6.26 Å². The number of benzene rings is 1. The Morgan fingerprint density at radius 2 is 1.95 bits per heavy atom. The topological polar surface area (TPSA) is 87.6 Å². The van der Waals surface area contributed by atoms with Crippen LogP contribution in [-0.4, -0.2) is 24.1 Å². The van der Waals surface area contributed by atoms with Crippen LogP contribution in [0.25, 0.3) is 11.5 Å². The smallest absolute Gasteiger partial charge is 0.226 e. The molecule has 1 aromatic heterocycles. The van der Waals surface area contributed by atoms with Crippen molar-refractivity contribution in [1.29, 1.82) is 0 Å². The zero-order chi connectivity index (χ0) is 15.9. The van der Waals surface area contributed by atoms with Gasteiger partial charge in [0, 0.05) is 18.4 Å². The maximum absolute atomic E-state index is 10.8. The average molecular weight is 304 g/mol. The Hall–Kier alpha value is -2.50. The molecule has 0 bridgehead atoms. The van der Waals surface area contributed by atoms with Gasteiger partial charge in [-0.3, -0.25) is 4.79 Å². The van der Waals surface area contributed by atoms with E-state index in [1.165, 1.54) is 6.26 Å². The van der Waals surface area contributed by atoms with Gasteiger partial charge in [-0.05, 0) is 32.0 Å². The van der Waals surface area contributed by atoms with Crippen LogP contribution in [0.4, 0.5) is 0 Å². The van der Waals surface area contributed by atoms with Gasteiger partial charge in [0.25, 0.3) is 0 Å². The number of nitrogens with two attached hydrogens (primary N) is 1. The largest absolute Gasteiger partial charge is 0.490 e. The highest BCUT2D eigenvalue weighted by atomic mass is 16.5. The molecule has 22 heavy (non-hydrogen) atoms. The van der Waals surface area contributed by atoms with Gasteiger partial charge in [-0.15, -0.1) is 0 Å². The number of aryl methyl sites for hydroxylation is 1. The molecule has 0 fully saturated rings. The Bertz CT molecular complexity index is 637. The molecular formula is C16H20N2O4. The second-order valence-corrected chi connectivity index (χ2v) is 4.64. The van der Waals surface area contributed by atoms with E-state index in [-0.39, 0.29) is 12.3 Å². The predicted octanol–water partition coefficient (Wildman–Crippen LogP) is 2.56. The summed E-state index contributed by atoms with van der Waals surface area (Å²) >= 11 is 0. The first-order valence-electron chi connectivity index (χ1n) is 7.26. The van der Waals surface area contributed by atoms with E-state index >= 15 is 0 Å². The molecule has 0 saturated carbocycles. The maximum atomic E-state index is 10.8. The summed E-state index contributed by atoms with van der Waals surface area (Å²) in [5.74, 6) is 1.46. The van der Waals surface area contributed by atoms with E-state index in [4.69, 9.17) is 19.6 Å². The number of oxazole rings is 1. The number of hydrogen-bond donors (Lipinski definition) is 1. The molecule has 0 atom stereocenters. The predicted molar refractivity (Wildman–Crippen MR) is 81.8 cm³/mol. The molecule has 0 aliphatic carbocycles. The lowest BCUT2D eigenvalue weighted by Gasteiger charge is -2.11. The Balaban J connectivity index is 2.21. The van der Waals surface area contributed by atoms with Crippen LogP contribution in [0.15, 0.2) is 28.9 Å². The van der Waals surface area contributed by atoms with Gasteiger partial charge in [-0.25, -0.2) is 4.98 Å². The van der Waals surface area contributed by atoms with E-state index in [1.807, 2.05) is 32.0 Å². The second kappa shape index (κ2) is 7.49. The maximum Gasteiger partial charge on any atom is 0.226 e. The van der Waals surface area contributed by atoms with Crippen LogP contribution in [-0.2, 0) is 11.2 Å². The number of rotatable bonds is 8. The molecule has 1 heterocycles. The summed E-state index contributed by atoms with van der Waals surface area (Å²) in [6, 6.07) is 5.52. The van der Waals surface area contributed by atoms with Crippen LogP contribution >= 0.6 is 0 Å². The molecule has 1 aromatic carbocycles. The normalized spacial score (nSPS) is 10.5. The van der Waals surface area contributed by atoms with Crippen LogP contribution in [0.5, 0.6) is 11.5 Å². The molecule has 2 aromatic rings. The minimum atomic E-state index is -0.357. The number of carbonyl (C=O) groups excluding carboxylic acids is 1. The molecule has 1 amide bonds. The zero-order valence-corrected chi connectivity index (χ0v) is 12.8. The van der Waals surface area contributed by atoms with E-state index in [1.54, 1.807) is 0 Å². The summed E-state index contributed by atoms with van der Waals surface area (Å²) in [6.07, 6.45) is 2.25. The molecule has 0 aliphatic rings. The molecule has 2 N–H and O–H groups in total. The molecule has 2 rings (SSSR count). The van der Waals surface area contributed by atoms with Crippen molar-refractivity contribution in [2.45, 2.75) is 26.7 Å². The summed E-state index contributed by atoms with van der Waals surface area (Å²) in [6.45, 7) is 4.94. The van der Waals surface area contributed by atoms with Crippen molar-refractivity contribution >= 4 is 5.91 Å². The van der Waals surface area contributed by atoms with E-state index in [0.717, 1.165) is 5.56 Å². The van der Waals surface area contributed by atoms with Crippen LogP contribution in [0.3, 0.4) is 0 Å². The van der Waals surface area contributed by atoms with Crippen molar-refractivity contribution in [2.75, 3.05) is 13.2 Å². The molecule has 0 radical (unpaired) electrons. The highest BCUT2D eigenvalue weighted by Crippen LogP contribution is 2.32. The van der Waals surface area contributed by atoms with Gasteiger partial charge in [0.15, 0.2) is 11.5 Å². The number of ether oxygens (including phenoxy) is 2. The fourth-order valence-corrected chi connectivity index (χ4v) is 1.99. The number of primary amides is 1. The van der Waals surface area contributed by atoms with Crippen molar-refractivity contribution in [1.82, 2.24) is 4.98 Å². The average Bonchev–Trinajstić information content (AvgIpc) is 2.96. The quantitative estimate of drug-likeness (QED) is 0.809. The number of nitrogens with zero attached hydrogens (tertiary/aromatic N) is 1. The van der Waals surface area contributed by atoms with Crippen LogP contribution < -0.4 is 15.2 Å². The minimum Gasteiger partial charge on any atom is -0.490 e. The van der Waals surface area contributed by atoms with Crippen molar-refractivity contribution in [3.05, 3.63) is 30.2 Å². The third-order valence-corrected chi connectivity index (χ3v) is 2.97.